The summed E-state index contributed by atoms with van der Waals surface area (Å²) < 4.78 is 0. The van der Waals surface area contributed by atoms with E-state index >= 15 is 0 Å². The fraction of sp³-hybridized carbons (Fsp3) is 0.250. The number of amides is 1. The van der Waals surface area contributed by atoms with Crippen LogP contribution in [-0.4, -0.2) is 21.1 Å². The van der Waals surface area contributed by atoms with Crippen LogP contribution in [0.15, 0.2) is 24.4 Å². The third-order valence-corrected chi connectivity index (χ3v) is 2.49. The van der Waals surface area contributed by atoms with Crippen molar-refractivity contribution in [3.63, 3.8) is 0 Å². The summed E-state index contributed by atoms with van der Waals surface area (Å²) >= 11 is 0. The van der Waals surface area contributed by atoms with Gasteiger partial charge in [0.15, 0.2) is 0 Å². The molecule has 0 aliphatic rings. The molecule has 0 aliphatic heterocycles. The zero-order chi connectivity index (χ0) is 12.3. The standard InChI is InChI=1S/C12H14N4O/c1-8-4-3-5-11(15-8)12(17)13-6-10-7-14-16-9(10)2/h3-5,7H,6H2,1-2H3,(H,13,17)(H,14,16). The van der Waals surface area contributed by atoms with Crippen LogP contribution >= 0.6 is 0 Å². The summed E-state index contributed by atoms with van der Waals surface area (Å²) in [5, 5.41) is 9.53. The Kier molecular flexibility index (Phi) is 3.18. The van der Waals surface area contributed by atoms with Crippen LogP contribution < -0.4 is 5.32 Å². The highest BCUT2D eigenvalue weighted by Crippen LogP contribution is 2.03. The van der Waals surface area contributed by atoms with Gasteiger partial charge in [-0.05, 0) is 26.0 Å². The van der Waals surface area contributed by atoms with E-state index in [-0.39, 0.29) is 5.91 Å². The van der Waals surface area contributed by atoms with Crippen LogP contribution in [-0.2, 0) is 6.54 Å². The maximum atomic E-state index is 11.8. The largest absolute Gasteiger partial charge is 0.346 e. The molecule has 0 bridgehead atoms. The minimum atomic E-state index is -0.172. The quantitative estimate of drug-likeness (QED) is 0.836. The summed E-state index contributed by atoms with van der Waals surface area (Å²) in [6.07, 6.45) is 1.71. The molecule has 1 amide bonds. The van der Waals surface area contributed by atoms with Crippen molar-refractivity contribution in [2.24, 2.45) is 0 Å². The van der Waals surface area contributed by atoms with E-state index in [4.69, 9.17) is 0 Å². The van der Waals surface area contributed by atoms with Crippen molar-refractivity contribution in [3.8, 4) is 0 Å². The second-order valence-electron chi connectivity index (χ2n) is 3.87. The zero-order valence-electron chi connectivity index (χ0n) is 9.82. The van der Waals surface area contributed by atoms with Crippen molar-refractivity contribution in [2.45, 2.75) is 20.4 Å². The van der Waals surface area contributed by atoms with Gasteiger partial charge < -0.3 is 5.32 Å². The summed E-state index contributed by atoms with van der Waals surface area (Å²) in [6, 6.07) is 5.38. The van der Waals surface area contributed by atoms with E-state index in [1.165, 1.54) is 0 Å². The number of H-pyrrole nitrogens is 1. The summed E-state index contributed by atoms with van der Waals surface area (Å²) in [7, 11) is 0. The summed E-state index contributed by atoms with van der Waals surface area (Å²) in [5.74, 6) is -0.172. The van der Waals surface area contributed by atoms with Gasteiger partial charge in [0, 0.05) is 23.5 Å². The normalized spacial score (nSPS) is 10.2. The number of carbonyl (C=O) groups excluding carboxylic acids is 1. The number of aromatic amines is 1. The molecule has 0 aliphatic carbocycles. The maximum absolute atomic E-state index is 11.8. The lowest BCUT2D eigenvalue weighted by Crippen LogP contribution is -2.24. The fourth-order valence-corrected chi connectivity index (χ4v) is 1.49. The van der Waals surface area contributed by atoms with Crippen molar-refractivity contribution in [3.05, 3.63) is 47.0 Å². The maximum Gasteiger partial charge on any atom is 0.270 e. The van der Waals surface area contributed by atoms with E-state index in [2.05, 4.69) is 20.5 Å². The molecule has 0 aromatic carbocycles. The van der Waals surface area contributed by atoms with Crippen LogP contribution in [0.25, 0.3) is 0 Å². The predicted octanol–water partition coefficient (Wildman–Crippen LogP) is 1.35. The number of aryl methyl sites for hydroxylation is 2. The first-order chi connectivity index (χ1) is 8.16. The van der Waals surface area contributed by atoms with Gasteiger partial charge in [0.2, 0.25) is 0 Å². The second kappa shape index (κ2) is 4.78. The average molecular weight is 230 g/mol. The van der Waals surface area contributed by atoms with Crippen LogP contribution in [0.3, 0.4) is 0 Å². The van der Waals surface area contributed by atoms with Crippen LogP contribution in [0.4, 0.5) is 0 Å². The first-order valence-corrected chi connectivity index (χ1v) is 5.37. The Morgan fingerprint density at radius 2 is 2.24 bits per heavy atom. The van der Waals surface area contributed by atoms with Crippen molar-refractivity contribution in [2.75, 3.05) is 0 Å². The molecule has 5 heteroatoms. The van der Waals surface area contributed by atoms with Gasteiger partial charge in [-0.2, -0.15) is 5.10 Å². The lowest BCUT2D eigenvalue weighted by atomic mass is 10.2. The number of carbonyl (C=O) groups is 1. The number of hydrogen-bond acceptors (Lipinski definition) is 3. The average Bonchev–Trinajstić information content (AvgIpc) is 2.72. The van der Waals surface area contributed by atoms with E-state index < -0.39 is 0 Å². The van der Waals surface area contributed by atoms with E-state index in [0.717, 1.165) is 17.0 Å². The number of nitrogens with zero attached hydrogens (tertiary/aromatic N) is 2. The van der Waals surface area contributed by atoms with Gasteiger partial charge in [-0.15, -0.1) is 0 Å². The van der Waals surface area contributed by atoms with Crippen molar-refractivity contribution in [1.29, 1.82) is 0 Å². The van der Waals surface area contributed by atoms with Crippen LogP contribution in [0.2, 0.25) is 0 Å². The van der Waals surface area contributed by atoms with E-state index in [1.807, 2.05) is 26.0 Å². The Balaban J connectivity index is 2.01. The predicted molar refractivity (Wildman–Crippen MR) is 63.5 cm³/mol. The molecule has 0 atom stereocenters. The van der Waals surface area contributed by atoms with Gasteiger partial charge in [0.05, 0.1) is 6.20 Å². The zero-order valence-corrected chi connectivity index (χ0v) is 9.82. The van der Waals surface area contributed by atoms with Crippen LogP contribution in [0.1, 0.15) is 27.4 Å². The highest BCUT2D eigenvalue weighted by molar-refractivity contribution is 5.92. The summed E-state index contributed by atoms with van der Waals surface area (Å²) in [4.78, 5) is 16.0. The lowest BCUT2D eigenvalue weighted by Gasteiger charge is -2.04. The highest BCUT2D eigenvalue weighted by atomic mass is 16.1. The van der Waals surface area contributed by atoms with E-state index in [1.54, 1.807) is 12.3 Å². The monoisotopic (exact) mass is 230 g/mol. The highest BCUT2D eigenvalue weighted by Gasteiger charge is 2.08. The number of nitrogens with one attached hydrogen (secondary N) is 2. The molecule has 2 aromatic heterocycles. The fourth-order valence-electron chi connectivity index (χ4n) is 1.49. The molecule has 0 radical (unpaired) electrons. The Morgan fingerprint density at radius 3 is 2.88 bits per heavy atom. The minimum Gasteiger partial charge on any atom is -0.346 e. The molecule has 2 heterocycles. The molecule has 0 saturated heterocycles. The molecule has 2 aromatic rings. The first-order valence-electron chi connectivity index (χ1n) is 5.37. The van der Waals surface area contributed by atoms with Gasteiger partial charge in [0.1, 0.15) is 5.69 Å². The molecule has 0 spiro atoms. The summed E-state index contributed by atoms with van der Waals surface area (Å²) in [5.41, 5.74) is 3.21. The van der Waals surface area contributed by atoms with Gasteiger partial charge in [-0.3, -0.25) is 9.89 Å². The Morgan fingerprint density at radius 1 is 1.41 bits per heavy atom. The number of hydrogen-bond donors (Lipinski definition) is 2. The summed E-state index contributed by atoms with van der Waals surface area (Å²) in [6.45, 7) is 4.23. The third kappa shape index (κ3) is 2.69. The van der Waals surface area contributed by atoms with Gasteiger partial charge in [-0.25, -0.2) is 4.98 Å². The Bertz CT molecular complexity index is 533. The minimum absolute atomic E-state index is 0.172. The number of aromatic nitrogens is 3. The number of rotatable bonds is 3. The van der Waals surface area contributed by atoms with Crippen molar-refractivity contribution in [1.82, 2.24) is 20.5 Å². The molecular formula is C12H14N4O. The first kappa shape index (κ1) is 11.3. The lowest BCUT2D eigenvalue weighted by molar-refractivity contribution is 0.0945. The van der Waals surface area contributed by atoms with E-state index in [9.17, 15) is 4.79 Å². The van der Waals surface area contributed by atoms with Crippen LogP contribution in [0, 0.1) is 13.8 Å². The molecule has 5 nitrogen and oxygen atoms in total. The van der Waals surface area contributed by atoms with Crippen molar-refractivity contribution < 1.29 is 4.79 Å². The third-order valence-electron chi connectivity index (χ3n) is 2.49. The van der Waals surface area contributed by atoms with Gasteiger partial charge in [0.25, 0.3) is 5.91 Å². The molecule has 17 heavy (non-hydrogen) atoms. The second-order valence-corrected chi connectivity index (χ2v) is 3.87. The topological polar surface area (TPSA) is 70.7 Å². The molecule has 2 N–H and O–H groups in total. The van der Waals surface area contributed by atoms with Gasteiger partial charge >= 0.3 is 0 Å². The van der Waals surface area contributed by atoms with Gasteiger partial charge in [-0.1, -0.05) is 6.07 Å². The Labute approximate surface area is 99.3 Å². The SMILES string of the molecule is Cc1cccc(C(=O)NCc2cn[nH]c2C)n1. The molecule has 0 unspecified atom stereocenters. The molecule has 0 fully saturated rings. The molecular weight excluding hydrogens is 216 g/mol. The van der Waals surface area contributed by atoms with E-state index in [0.29, 0.717) is 12.2 Å². The molecule has 2 rings (SSSR count). The molecule has 0 saturated carbocycles. The smallest absolute Gasteiger partial charge is 0.270 e. The van der Waals surface area contributed by atoms with Crippen molar-refractivity contribution >= 4 is 5.91 Å². The van der Waals surface area contributed by atoms with Crippen LogP contribution in [0.5, 0.6) is 0 Å². The Hall–Kier alpha value is -2.17. The number of pyridine rings is 1. The molecule has 88 valence electrons.